The van der Waals surface area contributed by atoms with E-state index in [1.165, 1.54) is 12.1 Å². The number of aromatic nitrogens is 5. The van der Waals surface area contributed by atoms with E-state index < -0.39 is 5.25 Å². The third-order valence-electron chi connectivity index (χ3n) is 4.18. The standard InChI is InChI=1S/C19H15ClFN5OS/c1-2-26-17(11-5-4-8-14(21)10-11)23-24-18(26)15(28)16-22-19(27-25-16)12-6-3-7-13(20)9-12/h3-10,15,28H,2H2,1H3. The van der Waals surface area contributed by atoms with Crippen LogP contribution in [-0.4, -0.2) is 24.9 Å². The highest BCUT2D eigenvalue weighted by Crippen LogP contribution is 2.30. The Morgan fingerprint density at radius 3 is 2.68 bits per heavy atom. The second kappa shape index (κ2) is 7.73. The van der Waals surface area contributed by atoms with Crippen LogP contribution in [0.25, 0.3) is 22.8 Å². The molecular weight excluding hydrogens is 401 g/mol. The van der Waals surface area contributed by atoms with Crippen LogP contribution in [0, 0.1) is 5.82 Å². The molecular formula is C19H15ClFN5OS. The van der Waals surface area contributed by atoms with E-state index in [9.17, 15) is 4.39 Å². The minimum Gasteiger partial charge on any atom is -0.334 e. The molecule has 0 saturated heterocycles. The Morgan fingerprint density at radius 2 is 1.93 bits per heavy atom. The summed E-state index contributed by atoms with van der Waals surface area (Å²) < 4.78 is 20.8. The molecule has 1 unspecified atom stereocenters. The maximum Gasteiger partial charge on any atom is 0.258 e. The highest BCUT2D eigenvalue weighted by Gasteiger charge is 2.24. The number of halogens is 2. The monoisotopic (exact) mass is 415 g/mol. The Balaban J connectivity index is 1.68. The average Bonchev–Trinajstić information content (AvgIpc) is 3.35. The molecule has 0 saturated carbocycles. The summed E-state index contributed by atoms with van der Waals surface area (Å²) in [6, 6.07) is 13.3. The van der Waals surface area contributed by atoms with E-state index in [1.807, 2.05) is 17.6 Å². The molecule has 0 bridgehead atoms. The highest BCUT2D eigenvalue weighted by atomic mass is 35.5. The molecule has 0 radical (unpaired) electrons. The maximum absolute atomic E-state index is 13.6. The van der Waals surface area contributed by atoms with E-state index in [-0.39, 0.29) is 5.82 Å². The van der Waals surface area contributed by atoms with Gasteiger partial charge in [0.1, 0.15) is 11.1 Å². The molecule has 0 fully saturated rings. The molecule has 142 valence electrons. The molecule has 28 heavy (non-hydrogen) atoms. The molecule has 4 aromatic rings. The molecule has 2 aromatic carbocycles. The first kappa shape index (κ1) is 18.6. The van der Waals surface area contributed by atoms with Gasteiger partial charge < -0.3 is 9.09 Å². The largest absolute Gasteiger partial charge is 0.334 e. The molecule has 0 aliphatic carbocycles. The van der Waals surface area contributed by atoms with Crippen LogP contribution in [0.3, 0.4) is 0 Å². The summed E-state index contributed by atoms with van der Waals surface area (Å²) in [6.45, 7) is 2.52. The summed E-state index contributed by atoms with van der Waals surface area (Å²) in [7, 11) is 0. The molecule has 1 atom stereocenters. The Kier molecular flexibility index (Phi) is 5.15. The summed E-state index contributed by atoms with van der Waals surface area (Å²) in [6.07, 6.45) is 0. The highest BCUT2D eigenvalue weighted by molar-refractivity contribution is 7.80. The second-order valence-electron chi connectivity index (χ2n) is 6.01. The molecule has 2 aromatic heterocycles. The molecule has 4 rings (SSSR count). The van der Waals surface area contributed by atoms with Crippen molar-refractivity contribution in [2.24, 2.45) is 0 Å². The van der Waals surface area contributed by atoms with Gasteiger partial charge in [-0.05, 0) is 37.3 Å². The normalized spacial score (nSPS) is 12.3. The third kappa shape index (κ3) is 3.53. The van der Waals surface area contributed by atoms with Gasteiger partial charge >= 0.3 is 0 Å². The number of rotatable bonds is 5. The maximum atomic E-state index is 13.6. The van der Waals surface area contributed by atoms with Crippen LogP contribution in [0.5, 0.6) is 0 Å². The molecule has 0 amide bonds. The van der Waals surface area contributed by atoms with Gasteiger partial charge in [0.05, 0.1) is 0 Å². The van der Waals surface area contributed by atoms with Crippen molar-refractivity contribution in [1.82, 2.24) is 24.9 Å². The van der Waals surface area contributed by atoms with Gasteiger partial charge in [0.25, 0.3) is 5.89 Å². The van der Waals surface area contributed by atoms with Crippen molar-refractivity contribution in [3.05, 3.63) is 71.0 Å². The van der Waals surface area contributed by atoms with Crippen molar-refractivity contribution < 1.29 is 8.91 Å². The van der Waals surface area contributed by atoms with Crippen molar-refractivity contribution in [3.8, 4) is 22.8 Å². The second-order valence-corrected chi connectivity index (χ2v) is 6.96. The molecule has 9 heteroatoms. The predicted molar refractivity (Wildman–Crippen MR) is 107 cm³/mol. The number of hydrogen-bond donors (Lipinski definition) is 1. The Hall–Kier alpha value is -2.71. The van der Waals surface area contributed by atoms with E-state index in [0.717, 1.165) is 0 Å². The Morgan fingerprint density at radius 1 is 1.14 bits per heavy atom. The minimum absolute atomic E-state index is 0.337. The topological polar surface area (TPSA) is 69.6 Å². The van der Waals surface area contributed by atoms with Gasteiger partial charge in [0, 0.05) is 22.7 Å². The lowest BCUT2D eigenvalue weighted by Crippen LogP contribution is -2.08. The first-order chi connectivity index (χ1) is 13.6. The lowest BCUT2D eigenvalue weighted by Gasteiger charge is -2.10. The summed E-state index contributed by atoms with van der Waals surface area (Å²) in [4.78, 5) is 4.42. The Labute approximate surface area is 170 Å². The fraction of sp³-hybridized carbons (Fsp3) is 0.158. The van der Waals surface area contributed by atoms with Gasteiger partial charge in [-0.3, -0.25) is 0 Å². The zero-order valence-corrected chi connectivity index (χ0v) is 16.4. The summed E-state index contributed by atoms with van der Waals surface area (Å²) in [5, 5.41) is 12.5. The van der Waals surface area contributed by atoms with Crippen LogP contribution in [0.4, 0.5) is 4.39 Å². The van der Waals surface area contributed by atoms with Crippen molar-refractivity contribution in [1.29, 1.82) is 0 Å². The smallest absolute Gasteiger partial charge is 0.258 e. The van der Waals surface area contributed by atoms with E-state index in [4.69, 9.17) is 16.1 Å². The first-order valence-corrected chi connectivity index (χ1v) is 9.43. The van der Waals surface area contributed by atoms with Gasteiger partial charge in [0.2, 0.25) is 0 Å². The zero-order valence-electron chi connectivity index (χ0n) is 14.8. The summed E-state index contributed by atoms with van der Waals surface area (Å²) >= 11 is 10.6. The quantitative estimate of drug-likeness (QED) is 0.473. The average molecular weight is 416 g/mol. The fourth-order valence-corrected chi connectivity index (χ4v) is 3.36. The van der Waals surface area contributed by atoms with Crippen molar-refractivity contribution >= 4 is 24.2 Å². The molecule has 6 nitrogen and oxygen atoms in total. The van der Waals surface area contributed by atoms with E-state index >= 15 is 0 Å². The predicted octanol–water partition coefficient (Wildman–Crippen LogP) is 4.83. The fourth-order valence-electron chi connectivity index (χ4n) is 2.87. The Bertz CT molecular complexity index is 1130. The summed E-state index contributed by atoms with van der Waals surface area (Å²) in [5.41, 5.74) is 1.35. The van der Waals surface area contributed by atoms with E-state index in [1.54, 1.807) is 30.3 Å². The number of benzene rings is 2. The van der Waals surface area contributed by atoms with Crippen molar-refractivity contribution in [3.63, 3.8) is 0 Å². The van der Waals surface area contributed by atoms with Crippen LogP contribution in [0.1, 0.15) is 23.8 Å². The molecule has 0 N–H and O–H groups in total. The molecule has 0 aliphatic heterocycles. The minimum atomic E-state index is -0.563. The lowest BCUT2D eigenvalue weighted by molar-refractivity contribution is 0.422. The van der Waals surface area contributed by atoms with E-state index in [0.29, 0.717) is 46.1 Å². The number of hydrogen-bond acceptors (Lipinski definition) is 6. The SMILES string of the molecule is CCn1c(-c2cccc(F)c2)nnc1C(S)c1noc(-c2cccc(Cl)c2)n1. The van der Waals surface area contributed by atoms with Gasteiger partial charge in [-0.2, -0.15) is 17.6 Å². The van der Waals surface area contributed by atoms with Gasteiger partial charge in [-0.1, -0.05) is 35.0 Å². The molecule has 2 heterocycles. The van der Waals surface area contributed by atoms with Crippen molar-refractivity contribution in [2.45, 2.75) is 18.7 Å². The number of thiol groups is 1. The van der Waals surface area contributed by atoms with Gasteiger partial charge in [0.15, 0.2) is 17.5 Å². The zero-order chi connectivity index (χ0) is 19.7. The van der Waals surface area contributed by atoms with Crippen LogP contribution in [0.15, 0.2) is 53.1 Å². The van der Waals surface area contributed by atoms with Crippen LogP contribution in [-0.2, 0) is 6.54 Å². The lowest BCUT2D eigenvalue weighted by atomic mass is 10.2. The molecule has 0 aliphatic rings. The van der Waals surface area contributed by atoms with Crippen molar-refractivity contribution in [2.75, 3.05) is 0 Å². The van der Waals surface area contributed by atoms with Gasteiger partial charge in [-0.15, -0.1) is 10.2 Å². The first-order valence-electron chi connectivity index (χ1n) is 8.53. The number of nitrogens with zero attached hydrogens (tertiary/aromatic N) is 5. The van der Waals surface area contributed by atoms with Gasteiger partial charge in [-0.25, -0.2) is 4.39 Å². The van der Waals surface area contributed by atoms with Crippen LogP contribution in [0.2, 0.25) is 5.02 Å². The van der Waals surface area contributed by atoms with Crippen LogP contribution >= 0.6 is 24.2 Å². The molecule has 0 spiro atoms. The third-order valence-corrected chi connectivity index (χ3v) is 4.88. The summed E-state index contributed by atoms with van der Waals surface area (Å²) in [5.74, 6) is 1.45. The van der Waals surface area contributed by atoms with Crippen LogP contribution < -0.4 is 0 Å². The van der Waals surface area contributed by atoms with E-state index in [2.05, 4.69) is 33.0 Å².